The second kappa shape index (κ2) is 7.70. The fourth-order valence-electron chi connectivity index (χ4n) is 1.94. The zero-order chi connectivity index (χ0) is 13.5. The number of rotatable bonds is 9. The van der Waals surface area contributed by atoms with Crippen LogP contribution in [0.15, 0.2) is 0 Å². The lowest BCUT2D eigenvalue weighted by molar-refractivity contribution is -0.140. The molecule has 2 N–H and O–H groups in total. The van der Waals surface area contributed by atoms with Crippen LogP contribution >= 0.6 is 0 Å². The van der Waals surface area contributed by atoms with Crippen LogP contribution in [0.4, 0.5) is 0 Å². The first kappa shape index (κ1) is 16.4. The Hall–Kier alpha value is -0.570. The van der Waals surface area contributed by atoms with Crippen LogP contribution < -0.4 is 5.32 Å². The Morgan fingerprint density at radius 3 is 2.29 bits per heavy atom. The predicted octanol–water partition coefficient (Wildman–Crippen LogP) is 3.29. The maximum atomic E-state index is 11.1. The van der Waals surface area contributed by atoms with Crippen molar-refractivity contribution in [1.82, 2.24) is 5.32 Å². The molecule has 0 amide bonds. The zero-order valence-electron chi connectivity index (χ0n) is 12.0. The fourth-order valence-corrected chi connectivity index (χ4v) is 1.94. The van der Waals surface area contributed by atoms with Crippen molar-refractivity contribution in [2.45, 2.75) is 66.3 Å². The first-order chi connectivity index (χ1) is 7.80. The van der Waals surface area contributed by atoms with E-state index >= 15 is 0 Å². The minimum atomic E-state index is -0.746. The van der Waals surface area contributed by atoms with Gasteiger partial charge in [-0.3, -0.25) is 4.79 Å². The van der Waals surface area contributed by atoms with Crippen molar-refractivity contribution in [3.63, 3.8) is 0 Å². The summed E-state index contributed by atoms with van der Waals surface area (Å²) in [5, 5.41) is 12.3. The number of hydrogen-bond acceptors (Lipinski definition) is 2. The van der Waals surface area contributed by atoms with Gasteiger partial charge in [0.15, 0.2) is 0 Å². The molecule has 0 aliphatic heterocycles. The van der Waals surface area contributed by atoms with Crippen molar-refractivity contribution in [2.75, 3.05) is 6.54 Å². The summed E-state index contributed by atoms with van der Waals surface area (Å²) in [6.07, 6.45) is 4.87. The van der Waals surface area contributed by atoms with Gasteiger partial charge in [-0.25, -0.2) is 0 Å². The summed E-state index contributed by atoms with van der Waals surface area (Å²) in [6.45, 7) is 11.3. The highest BCUT2D eigenvalue weighted by atomic mass is 16.4. The lowest BCUT2D eigenvalue weighted by Gasteiger charge is -2.28. The zero-order valence-corrected chi connectivity index (χ0v) is 12.0. The average molecular weight is 243 g/mol. The highest BCUT2D eigenvalue weighted by Crippen LogP contribution is 2.23. The lowest BCUT2D eigenvalue weighted by atomic mass is 9.86. The number of carboxylic acid groups (broad SMARTS) is 1. The summed E-state index contributed by atoms with van der Waals surface area (Å²) in [7, 11) is 0. The number of aliphatic carboxylic acids is 1. The van der Waals surface area contributed by atoms with Gasteiger partial charge in [-0.15, -0.1) is 0 Å². The van der Waals surface area contributed by atoms with E-state index in [-0.39, 0.29) is 11.3 Å². The SMILES string of the molecule is CCCCCC(C)(C)CNC(C(=O)O)C(C)C. The minimum absolute atomic E-state index is 0.124. The third kappa shape index (κ3) is 7.37. The quantitative estimate of drug-likeness (QED) is 0.611. The van der Waals surface area contributed by atoms with Gasteiger partial charge < -0.3 is 10.4 Å². The molecule has 0 saturated carbocycles. The van der Waals surface area contributed by atoms with Gasteiger partial charge in [0, 0.05) is 6.54 Å². The monoisotopic (exact) mass is 243 g/mol. The van der Waals surface area contributed by atoms with Crippen molar-refractivity contribution in [3.8, 4) is 0 Å². The highest BCUT2D eigenvalue weighted by Gasteiger charge is 2.24. The molecule has 0 fully saturated rings. The Morgan fingerprint density at radius 1 is 1.29 bits per heavy atom. The molecule has 0 radical (unpaired) electrons. The van der Waals surface area contributed by atoms with E-state index in [9.17, 15) is 4.79 Å². The van der Waals surface area contributed by atoms with E-state index in [0.29, 0.717) is 0 Å². The molecule has 0 aromatic carbocycles. The topological polar surface area (TPSA) is 49.3 Å². The van der Waals surface area contributed by atoms with Gasteiger partial charge in [-0.05, 0) is 17.8 Å². The predicted molar refractivity (Wildman–Crippen MR) is 72.2 cm³/mol. The Bertz CT molecular complexity index is 224. The van der Waals surface area contributed by atoms with Crippen LogP contribution in [-0.4, -0.2) is 23.7 Å². The Kier molecular flexibility index (Phi) is 7.44. The fraction of sp³-hybridized carbons (Fsp3) is 0.929. The molecule has 0 aromatic heterocycles. The van der Waals surface area contributed by atoms with Crippen molar-refractivity contribution in [1.29, 1.82) is 0 Å². The summed E-state index contributed by atoms with van der Waals surface area (Å²) in [5.41, 5.74) is 0.178. The largest absolute Gasteiger partial charge is 0.480 e. The van der Waals surface area contributed by atoms with Crippen LogP contribution in [0, 0.1) is 11.3 Å². The molecule has 0 aliphatic rings. The van der Waals surface area contributed by atoms with Crippen LogP contribution in [0.1, 0.15) is 60.3 Å². The van der Waals surface area contributed by atoms with Gasteiger partial charge >= 0.3 is 5.97 Å². The average Bonchev–Trinajstić information content (AvgIpc) is 2.16. The van der Waals surface area contributed by atoms with Crippen molar-refractivity contribution in [3.05, 3.63) is 0 Å². The van der Waals surface area contributed by atoms with E-state index in [0.717, 1.165) is 13.0 Å². The minimum Gasteiger partial charge on any atom is -0.480 e. The number of carboxylic acids is 1. The van der Waals surface area contributed by atoms with Crippen molar-refractivity contribution >= 4 is 5.97 Å². The Balaban J connectivity index is 4.09. The second-order valence-electron chi connectivity index (χ2n) is 6.06. The third-order valence-electron chi connectivity index (χ3n) is 3.19. The van der Waals surface area contributed by atoms with Gasteiger partial charge in [0.1, 0.15) is 6.04 Å². The molecular formula is C14H29NO2. The first-order valence-corrected chi connectivity index (χ1v) is 6.76. The number of unbranched alkanes of at least 4 members (excludes halogenated alkanes) is 2. The molecule has 0 saturated heterocycles. The molecule has 0 bridgehead atoms. The molecule has 0 rings (SSSR count). The van der Waals surface area contributed by atoms with E-state index in [4.69, 9.17) is 5.11 Å². The van der Waals surface area contributed by atoms with Crippen LogP contribution in [-0.2, 0) is 4.79 Å². The lowest BCUT2D eigenvalue weighted by Crippen LogP contribution is -2.45. The molecule has 0 aliphatic carbocycles. The smallest absolute Gasteiger partial charge is 0.320 e. The van der Waals surface area contributed by atoms with E-state index in [1.807, 2.05) is 13.8 Å². The standard InChI is InChI=1S/C14H29NO2/c1-6-7-8-9-14(4,5)10-15-12(11(2)3)13(16)17/h11-12,15H,6-10H2,1-5H3,(H,16,17). The highest BCUT2D eigenvalue weighted by molar-refractivity contribution is 5.73. The summed E-state index contributed by atoms with van der Waals surface area (Å²) >= 11 is 0. The molecular weight excluding hydrogens is 214 g/mol. The molecule has 1 unspecified atom stereocenters. The van der Waals surface area contributed by atoms with Gasteiger partial charge in [-0.1, -0.05) is 53.9 Å². The molecule has 1 atom stereocenters. The van der Waals surface area contributed by atoms with E-state index < -0.39 is 12.0 Å². The normalized spacial score (nSPS) is 14.0. The molecule has 3 heteroatoms. The molecule has 3 nitrogen and oxygen atoms in total. The molecule has 102 valence electrons. The summed E-state index contributed by atoms with van der Waals surface area (Å²) in [6, 6.07) is -0.430. The Morgan fingerprint density at radius 2 is 1.88 bits per heavy atom. The van der Waals surface area contributed by atoms with E-state index in [1.165, 1.54) is 19.3 Å². The number of nitrogens with one attached hydrogen (secondary N) is 1. The first-order valence-electron chi connectivity index (χ1n) is 6.76. The second-order valence-corrected chi connectivity index (χ2v) is 6.06. The summed E-state index contributed by atoms with van der Waals surface area (Å²) < 4.78 is 0. The summed E-state index contributed by atoms with van der Waals surface area (Å²) in [5.74, 6) is -0.622. The van der Waals surface area contributed by atoms with Gasteiger partial charge in [0.05, 0.1) is 0 Å². The van der Waals surface area contributed by atoms with Crippen LogP contribution in [0.25, 0.3) is 0 Å². The maximum absolute atomic E-state index is 11.1. The van der Waals surface area contributed by atoms with Gasteiger partial charge in [0.2, 0.25) is 0 Å². The van der Waals surface area contributed by atoms with Gasteiger partial charge in [0.25, 0.3) is 0 Å². The number of carbonyl (C=O) groups is 1. The van der Waals surface area contributed by atoms with Crippen LogP contribution in [0.5, 0.6) is 0 Å². The van der Waals surface area contributed by atoms with Crippen molar-refractivity contribution in [2.24, 2.45) is 11.3 Å². The third-order valence-corrected chi connectivity index (χ3v) is 3.19. The molecule has 0 spiro atoms. The van der Waals surface area contributed by atoms with E-state index in [2.05, 4.69) is 26.1 Å². The van der Waals surface area contributed by atoms with Gasteiger partial charge in [-0.2, -0.15) is 0 Å². The molecule has 0 aromatic rings. The molecule has 17 heavy (non-hydrogen) atoms. The Labute approximate surface area is 106 Å². The van der Waals surface area contributed by atoms with Crippen molar-refractivity contribution < 1.29 is 9.90 Å². The van der Waals surface area contributed by atoms with Crippen LogP contribution in [0.3, 0.4) is 0 Å². The summed E-state index contributed by atoms with van der Waals surface area (Å²) in [4.78, 5) is 11.1. The van der Waals surface area contributed by atoms with Crippen LogP contribution in [0.2, 0.25) is 0 Å². The maximum Gasteiger partial charge on any atom is 0.320 e. The molecule has 0 heterocycles. The number of hydrogen-bond donors (Lipinski definition) is 2. The van der Waals surface area contributed by atoms with E-state index in [1.54, 1.807) is 0 Å².